The van der Waals surface area contributed by atoms with Crippen molar-refractivity contribution in [1.29, 1.82) is 0 Å². The minimum absolute atomic E-state index is 0.0854. The van der Waals surface area contributed by atoms with Crippen molar-refractivity contribution in [2.45, 2.75) is 69.6 Å². The molecule has 4 aliphatic rings. The largest absolute Gasteiger partial charge is 0.494 e. The number of hydrogen-bond donors (Lipinski definition) is 0. The molecule has 2 saturated heterocycles. The average Bonchev–Trinajstić information content (AvgIpc) is 3.70. The number of carbonyl (C=O) groups is 1. The number of amides is 1. The van der Waals surface area contributed by atoms with Crippen LogP contribution in [0.4, 0.5) is 9.18 Å². The summed E-state index contributed by atoms with van der Waals surface area (Å²) in [5.41, 5.74) is 4.14. The van der Waals surface area contributed by atoms with Gasteiger partial charge >= 0.3 is 6.09 Å². The van der Waals surface area contributed by atoms with Gasteiger partial charge in [-0.25, -0.2) is 9.18 Å². The van der Waals surface area contributed by atoms with Crippen LogP contribution < -0.4 is 4.74 Å². The molecule has 2 aliphatic carbocycles. The summed E-state index contributed by atoms with van der Waals surface area (Å²) >= 11 is 0. The Labute approximate surface area is 241 Å². The fourth-order valence-corrected chi connectivity index (χ4v) is 6.97. The first-order valence-corrected chi connectivity index (χ1v) is 16.5. The van der Waals surface area contributed by atoms with Crippen molar-refractivity contribution in [3.05, 3.63) is 53.3 Å². The van der Waals surface area contributed by atoms with Crippen LogP contribution >= 0.6 is 0 Å². The summed E-state index contributed by atoms with van der Waals surface area (Å²) in [5, 5.41) is 0. The molecule has 0 bridgehead atoms. The first-order chi connectivity index (χ1) is 19.6. The van der Waals surface area contributed by atoms with Gasteiger partial charge in [0.2, 0.25) is 0 Å². The standard InChI is InChI=1S/C31H39FN2O6S/c1-3-38-29-17-28(23-6-8-25(32)9-7-23)27(22-4-5-22)16-24(29)18-33-12-10-31(11-13-33)20-34(30(35)40-31)26-14-21(15-26)19-39-41(2,36)37/h6-9,16-17,21-22,26H,3-5,10-15,18-20H2,1-2H3. The highest BCUT2D eigenvalue weighted by Gasteiger charge is 2.51. The molecule has 0 aromatic heterocycles. The van der Waals surface area contributed by atoms with Crippen molar-refractivity contribution in [3.8, 4) is 16.9 Å². The van der Waals surface area contributed by atoms with Gasteiger partial charge in [0.05, 0.1) is 26.0 Å². The number of nitrogens with zero attached hydrogens (tertiary/aromatic N) is 2. The molecule has 6 rings (SSSR count). The molecule has 2 aromatic carbocycles. The van der Waals surface area contributed by atoms with Crippen LogP contribution in [0.1, 0.15) is 62.5 Å². The molecule has 1 amide bonds. The molecule has 1 spiro atoms. The van der Waals surface area contributed by atoms with Crippen LogP contribution in [-0.2, 0) is 25.6 Å². The van der Waals surface area contributed by atoms with E-state index in [9.17, 15) is 17.6 Å². The lowest BCUT2D eigenvalue weighted by atomic mass is 9.79. The smallest absolute Gasteiger partial charge is 0.410 e. The second-order valence-electron chi connectivity index (χ2n) is 12.2. The van der Waals surface area contributed by atoms with Gasteiger partial charge in [0.15, 0.2) is 0 Å². The third-order valence-corrected chi connectivity index (χ3v) is 9.60. The number of hydrogen-bond acceptors (Lipinski definition) is 7. The second-order valence-corrected chi connectivity index (χ2v) is 13.8. The van der Waals surface area contributed by atoms with Crippen molar-refractivity contribution in [3.63, 3.8) is 0 Å². The van der Waals surface area contributed by atoms with E-state index in [0.717, 1.165) is 74.0 Å². The van der Waals surface area contributed by atoms with Crippen molar-refractivity contribution < 1.29 is 31.3 Å². The van der Waals surface area contributed by atoms with Crippen LogP contribution in [-0.4, -0.2) is 75.1 Å². The quantitative estimate of drug-likeness (QED) is 0.349. The van der Waals surface area contributed by atoms with Gasteiger partial charge in [0.1, 0.15) is 17.2 Å². The van der Waals surface area contributed by atoms with Gasteiger partial charge in [0.25, 0.3) is 10.1 Å². The predicted molar refractivity (Wildman–Crippen MR) is 153 cm³/mol. The molecule has 0 atom stereocenters. The summed E-state index contributed by atoms with van der Waals surface area (Å²) in [7, 11) is -3.45. The number of ether oxygens (including phenoxy) is 2. The van der Waals surface area contributed by atoms with Crippen LogP contribution in [0.3, 0.4) is 0 Å². The van der Waals surface area contributed by atoms with E-state index in [0.29, 0.717) is 19.1 Å². The maximum atomic E-state index is 13.6. The van der Waals surface area contributed by atoms with Crippen LogP contribution in [0, 0.1) is 11.7 Å². The molecule has 8 nitrogen and oxygen atoms in total. The van der Waals surface area contributed by atoms with Crippen molar-refractivity contribution in [1.82, 2.24) is 9.80 Å². The summed E-state index contributed by atoms with van der Waals surface area (Å²) in [6, 6.07) is 11.2. The molecule has 10 heteroatoms. The number of benzene rings is 2. The summed E-state index contributed by atoms with van der Waals surface area (Å²) in [6.45, 7) is 5.72. The lowest BCUT2D eigenvalue weighted by molar-refractivity contribution is -0.00175. The predicted octanol–water partition coefficient (Wildman–Crippen LogP) is 5.31. The fourth-order valence-electron chi connectivity index (χ4n) is 6.53. The van der Waals surface area contributed by atoms with Gasteiger partial charge in [-0.1, -0.05) is 12.1 Å². The molecule has 41 heavy (non-hydrogen) atoms. The Morgan fingerprint density at radius 2 is 1.80 bits per heavy atom. The highest BCUT2D eigenvalue weighted by atomic mass is 32.2. The topological polar surface area (TPSA) is 85.4 Å². The normalized spacial score (nSPS) is 24.4. The van der Waals surface area contributed by atoms with E-state index in [1.54, 1.807) is 0 Å². The number of piperidine rings is 1. The maximum Gasteiger partial charge on any atom is 0.410 e. The lowest BCUT2D eigenvalue weighted by Crippen LogP contribution is -2.50. The molecule has 0 unspecified atom stereocenters. The molecule has 2 aromatic rings. The maximum absolute atomic E-state index is 13.6. The first kappa shape index (κ1) is 28.4. The minimum atomic E-state index is -3.45. The molecule has 222 valence electrons. The number of carbonyl (C=O) groups excluding carboxylic acids is 1. The summed E-state index contributed by atoms with van der Waals surface area (Å²) in [6.07, 6.45) is 6.17. The Bertz CT molecular complexity index is 1380. The monoisotopic (exact) mass is 586 g/mol. The van der Waals surface area contributed by atoms with Crippen LogP contribution in [0.25, 0.3) is 11.1 Å². The Kier molecular flexibility index (Phi) is 7.76. The van der Waals surface area contributed by atoms with Crippen LogP contribution in [0.2, 0.25) is 0 Å². The molecule has 2 heterocycles. The highest BCUT2D eigenvalue weighted by Crippen LogP contribution is 2.47. The number of likely N-dealkylation sites (tertiary alicyclic amines) is 1. The van der Waals surface area contributed by atoms with Gasteiger partial charge in [-0.15, -0.1) is 0 Å². The molecule has 4 fully saturated rings. The summed E-state index contributed by atoms with van der Waals surface area (Å²) < 4.78 is 53.2. The Balaban J connectivity index is 1.09. The zero-order valence-electron chi connectivity index (χ0n) is 23.8. The highest BCUT2D eigenvalue weighted by molar-refractivity contribution is 7.85. The molecular weight excluding hydrogens is 547 g/mol. The Morgan fingerprint density at radius 1 is 1.10 bits per heavy atom. The summed E-state index contributed by atoms with van der Waals surface area (Å²) in [4.78, 5) is 17.1. The fraction of sp³-hybridized carbons (Fsp3) is 0.581. The van der Waals surface area contributed by atoms with Crippen LogP contribution in [0.15, 0.2) is 36.4 Å². The van der Waals surface area contributed by atoms with E-state index in [1.165, 1.54) is 30.5 Å². The van der Waals surface area contributed by atoms with E-state index in [1.807, 2.05) is 24.0 Å². The lowest BCUT2D eigenvalue weighted by Gasteiger charge is -2.41. The van der Waals surface area contributed by atoms with Crippen molar-refractivity contribution >= 4 is 16.2 Å². The van der Waals surface area contributed by atoms with Gasteiger partial charge in [0, 0.05) is 44.1 Å². The zero-order chi connectivity index (χ0) is 28.8. The second kappa shape index (κ2) is 11.2. The third kappa shape index (κ3) is 6.39. The number of rotatable bonds is 10. The van der Waals surface area contributed by atoms with Crippen LogP contribution in [0.5, 0.6) is 5.75 Å². The van der Waals surface area contributed by atoms with E-state index in [-0.39, 0.29) is 30.5 Å². The van der Waals surface area contributed by atoms with E-state index in [4.69, 9.17) is 13.7 Å². The molecule has 0 N–H and O–H groups in total. The van der Waals surface area contributed by atoms with Gasteiger partial charge in [-0.05, 0) is 85.4 Å². The zero-order valence-corrected chi connectivity index (χ0v) is 24.6. The van der Waals surface area contributed by atoms with Gasteiger partial charge in [-0.3, -0.25) is 9.08 Å². The number of halogens is 1. The van der Waals surface area contributed by atoms with Crippen molar-refractivity contribution in [2.24, 2.45) is 5.92 Å². The van der Waals surface area contributed by atoms with E-state index in [2.05, 4.69) is 17.0 Å². The Hall–Kier alpha value is -2.69. The Morgan fingerprint density at radius 3 is 2.44 bits per heavy atom. The van der Waals surface area contributed by atoms with E-state index < -0.39 is 15.7 Å². The third-order valence-electron chi connectivity index (χ3n) is 9.03. The molecule has 0 radical (unpaired) electrons. The van der Waals surface area contributed by atoms with Crippen molar-refractivity contribution in [2.75, 3.05) is 39.1 Å². The van der Waals surface area contributed by atoms with E-state index >= 15 is 0 Å². The minimum Gasteiger partial charge on any atom is -0.494 e. The average molecular weight is 587 g/mol. The SMILES string of the molecule is CCOc1cc(-c2ccc(F)cc2)c(C2CC2)cc1CN1CCC2(CC1)CN(C1CC(COS(C)(=O)=O)C1)C(=O)O2. The van der Waals surface area contributed by atoms with Gasteiger partial charge < -0.3 is 14.4 Å². The molecule has 2 aliphatic heterocycles. The summed E-state index contributed by atoms with van der Waals surface area (Å²) in [5.74, 6) is 1.31. The first-order valence-electron chi connectivity index (χ1n) is 14.7. The molecular formula is C31H39FN2O6S. The van der Waals surface area contributed by atoms with Gasteiger partial charge in [-0.2, -0.15) is 8.42 Å². The molecule has 2 saturated carbocycles.